The molecule has 7 nitrogen and oxygen atoms in total. The van der Waals surface area contributed by atoms with Gasteiger partial charge in [-0.25, -0.2) is 4.98 Å². The van der Waals surface area contributed by atoms with Gasteiger partial charge in [-0.15, -0.1) is 0 Å². The quantitative estimate of drug-likeness (QED) is 0.478. The minimum Gasteiger partial charge on any atom is -0.492 e. The molecule has 1 fully saturated rings. The molecule has 0 atom stereocenters. The van der Waals surface area contributed by atoms with E-state index in [1.54, 1.807) is 6.21 Å². The standard InChI is InChI=1S/C23H33N5O2/c1-4-8-27(3)23-17-21(30-14-11-28-9-12-29-13-10-28)16-22(25-23)26-24-18-20-7-5-6-19(2)15-20/h5-7,15-18H,4,8-14H2,1-3H3,(H,25,26)/b24-18+. The number of nitrogens with zero attached hydrogens (tertiary/aromatic N) is 4. The predicted molar refractivity (Wildman–Crippen MR) is 123 cm³/mol. The highest BCUT2D eigenvalue weighted by Gasteiger charge is 2.11. The van der Waals surface area contributed by atoms with Crippen molar-refractivity contribution in [3.8, 4) is 5.75 Å². The van der Waals surface area contributed by atoms with Crippen molar-refractivity contribution in [1.82, 2.24) is 9.88 Å². The zero-order valence-corrected chi connectivity index (χ0v) is 18.3. The van der Waals surface area contributed by atoms with Gasteiger partial charge >= 0.3 is 0 Å². The van der Waals surface area contributed by atoms with Crippen molar-refractivity contribution < 1.29 is 9.47 Å². The number of rotatable bonds is 10. The number of hydrogen-bond acceptors (Lipinski definition) is 7. The molecule has 1 aromatic heterocycles. The second-order valence-electron chi connectivity index (χ2n) is 7.55. The van der Waals surface area contributed by atoms with Gasteiger partial charge in [0.15, 0.2) is 5.82 Å². The number of nitrogens with one attached hydrogen (secondary N) is 1. The summed E-state index contributed by atoms with van der Waals surface area (Å²) in [5.74, 6) is 2.33. The molecule has 1 N–H and O–H groups in total. The van der Waals surface area contributed by atoms with Gasteiger partial charge in [0.25, 0.3) is 0 Å². The van der Waals surface area contributed by atoms with Gasteiger partial charge in [-0.05, 0) is 18.9 Å². The van der Waals surface area contributed by atoms with Gasteiger partial charge < -0.3 is 14.4 Å². The lowest BCUT2D eigenvalue weighted by atomic mass is 10.2. The molecule has 7 heteroatoms. The Morgan fingerprint density at radius 1 is 1.27 bits per heavy atom. The van der Waals surface area contributed by atoms with Crippen LogP contribution < -0.4 is 15.1 Å². The summed E-state index contributed by atoms with van der Waals surface area (Å²) in [6.45, 7) is 10.2. The summed E-state index contributed by atoms with van der Waals surface area (Å²) in [7, 11) is 2.04. The van der Waals surface area contributed by atoms with E-state index in [1.807, 2.05) is 31.3 Å². The summed E-state index contributed by atoms with van der Waals surface area (Å²) in [5.41, 5.74) is 5.30. The van der Waals surface area contributed by atoms with Crippen molar-refractivity contribution in [2.24, 2.45) is 5.10 Å². The summed E-state index contributed by atoms with van der Waals surface area (Å²) in [6.07, 6.45) is 2.85. The second-order valence-corrected chi connectivity index (χ2v) is 7.55. The number of ether oxygens (including phenoxy) is 2. The van der Waals surface area contributed by atoms with Gasteiger partial charge in [0.1, 0.15) is 18.2 Å². The molecule has 1 aromatic carbocycles. The van der Waals surface area contributed by atoms with Crippen LogP contribution in [0.15, 0.2) is 41.5 Å². The topological polar surface area (TPSA) is 62.2 Å². The van der Waals surface area contributed by atoms with Crippen molar-refractivity contribution in [1.29, 1.82) is 0 Å². The largest absolute Gasteiger partial charge is 0.492 e. The van der Waals surface area contributed by atoms with Crippen LogP contribution in [-0.2, 0) is 4.74 Å². The van der Waals surface area contributed by atoms with Gasteiger partial charge in [0.05, 0.1) is 19.4 Å². The molecule has 0 amide bonds. The van der Waals surface area contributed by atoms with Crippen LogP contribution in [0.2, 0.25) is 0 Å². The van der Waals surface area contributed by atoms with Crippen molar-refractivity contribution in [2.45, 2.75) is 20.3 Å². The summed E-state index contributed by atoms with van der Waals surface area (Å²) in [6, 6.07) is 12.1. The van der Waals surface area contributed by atoms with E-state index in [1.165, 1.54) is 5.56 Å². The van der Waals surface area contributed by atoms with Crippen molar-refractivity contribution in [3.05, 3.63) is 47.5 Å². The molecule has 0 saturated carbocycles. The summed E-state index contributed by atoms with van der Waals surface area (Å²) in [4.78, 5) is 9.18. The van der Waals surface area contributed by atoms with Crippen LogP contribution in [0.1, 0.15) is 24.5 Å². The summed E-state index contributed by atoms with van der Waals surface area (Å²) in [5, 5.41) is 4.36. The molecule has 3 rings (SSSR count). The fraction of sp³-hybridized carbons (Fsp3) is 0.478. The Hall–Kier alpha value is -2.64. The Morgan fingerprint density at radius 3 is 2.87 bits per heavy atom. The van der Waals surface area contributed by atoms with Crippen molar-refractivity contribution >= 4 is 17.9 Å². The average molecular weight is 412 g/mol. The number of anilines is 2. The lowest BCUT2D eigenvalue weighted by molar-refractivity contribution is 0.0322. The lowest BCUT2D eigenvalue weighted by Crippen LogP contribution is -2.38. The number of benzene rings is 1. The first kappa shape index (κ1) is 22.1. The van der Waals surface area contributed by atoms with Crippen LogP contribution in [0.5, 0.6) is 5.75 Å². The molecule has 0 bridgehead atoms. The van der Waals surface area contributed by atoms with E-state index < -0.39 is 0 Å². The molecular weight excluding hydrogens is 378 g/mol. The Kier molecular flexibility index (Phi) is 8.47. The molecule has 0 unspecified atom stereocenters. The second kappa shape index (κ2) is 11.5. The predicted octanol–water partition coefficient (Wildman–Crippen LogP) is 3.39. The Bertz CT molecular complexity index is 821. The number of hydrazone groups is 1. The molecule has 30 heavy (non-hydrogen) atoms. The van der Waals surface area contributed by atoms with Crippen LogP contribution in [-0.4, -0.2) is 69.1 Å². The summed E-state index contributed by atoms with van der Waals surface area (Å²) < 4.78 is 11.5. The van der Waals surface area contributed by atoms with E-state index in [0.717, 1.165) is 62.9 Å². The Balaban J connectivity index is 1.65. The molecule has 0 spiro atoms. The van der Waals surface area contributed by atoms with E-state index in [4.69, 9.17) is 14.5 Å². The first-order chi connectivity index (χ1) is 14.6. The van der Waals surface area contributed by atoms with Gasteiger partial charge in [-0.3, -0.25) is 10.3 Å². The van der Waals surface area contributed by atoms with Gasteiger partial charge in [-0.1, -0.05) is 36.8 Å². The van der Waals surface area contributed by atoms with Crippen LogP contribution in [0.25, 0.3) is 0 Å². The van der Waals surface area contributed by atoms with E-state index in [2.05, 4.69) is 46.3 Å². The van der Waals surface area contributed by atoms with Crippen LogP contribution >= 0.6 is 0 Å². The maximum absolute atomic E-state index is 6.06. The number of aromatic nitrogens is 1. The van der Waals surface area contributed by atoms with E-state index in [-0.39, 0.29) is 0 Å². The van der Waals surface area contributed by atoms with Crippen LogP contribution in [0.3, 0.4) is 0 Å². The molecule has 2 heterocycles. The van der Waals surface area contributed by atoms with Crippen LogP contribution in [0.4, 0.5) is 11.6 Å². The highest BCUT2D eigenvalue weighted by molar-refractivity contribution is 5.80. The molecular formula is C23H33N5O2. The highest BCUT2D eigenvalue weighted by atomic mass is 16.5. The number of hydrogen-bond donors (Lipinski definition) is 1. The average Bonchev–Trinajstić information content (AvgIpc) is 2.75. The monoisotopic (exact) mass is 411 g/mol. The first-order valence-corrected chi connectivity index (χ1v) is 10.7. The maximum atomic E-state index is 6.06. The highest BCUT2D eigenvalue weighted by Crippen LogP contribution is 2.23. The molecule has 0 radical (unpaired) electrons. The molecule has 2 aromatic rings. The maximum Gasteiger partial charge on any atom is 0.152 e. The Labute approximate surface area is 179 Å². The molecule has 162 valence electrons. The number of pyridine rings is 1. The van der Waals surface area contributed by atoms with E-state index >= 15 is 0 Å². The van der Waals surface area contributed by atoms with Gasteiger partial charge in [0.2, 0.25) is 0 Å². The van der Waals surface area contributed by atoms with Crippen molar-refractivity contribution in [2.75, 3.05) is 63.4 Å². The van der Waals surface area contributed by atoms with Gasteiger partial charge in [0, 0.05) is 45.4 Å². The Morgan fingerprint density at radius 2 is 2.10 bits per heavy atom. The first-order valence-electron chi connectivity index (χ1n) is 10.7. The zero-order chi connectivity index (χ0) is 21.2. The minimum atomic E-state index is 0.632. The zero-order valence-electron chi connectivity index (χ0n) is 18.3. The molecule has 0 aliphatic carbocycles. The van der Waals surface area contributed by atoms with Crippen molar-refractivity contribution in [3.63, 3.8) is 0 Å². The third-order valence-corrected chi connectivity index (χ3v) is 4.95. The van der Waals surface area contributed by atoms with Crippen LogP contribution in [0, 0.1) is 6.92 Å². The lowest BCUT2D eigenvalue weighted by Gasteiger charge is -2.26. The molecule has 1 saturated heterocycles. The summed E-state index contributed by atoms with van der Waals surface area (Å²) >= 11 is 0. The molecule has 1 aliphatic heterocycles. The minimum absolute atomic E-state index is 0.632. The third kappa shape index (κ3) is 7.00. The fourth-order valence-corrected chi connectivity index (χ4v) is 3.32. The third-order valence-electron chi connectivity index (χ3n) is 4.95. The molecule has 1 aliphatic rings. The van der Waals surface area contributed by atoms with Gasteiger partial charge in [-0.2, -0.15) is 5.10 Å². The number of morpholine rings is 1. The smallest absolute Gasteiger partial charge is 0.152 e. The van der Waals surface area contributed by atoms with E-state index in [0.29, 0.717) is 12.4 Å². The van der Waals surface area contributed by atoms with E-state index in [9.17, 15) is 0 Å². The number of aryl methyl sites for hydroxylation is 1. The normalized spacial score (nSPS) is 14.8. The fourth-order valence-electron chi connectivity index (χ4n) is 3.32. The SMILES string of the molecule is CCCN(C)c1cc(OCCN2CCOCC2)cc(N/N=C/c2cccc(C)c2)n1.